The van der Waals surface area contributed by atoms with Gasteiger partial charge in [0.2, 0.25) is 10.0 Å². The molecular weight excluding hydrogens is 315 g/mol. The topological polar surface area (TPSA) is 81.4 Å². The zero-order valence-electron chi connectivity index (χ0n) is 11.8. The third-order valence-corrected chi connectivity index (χ3v) is 4.40. The van der Waals surface area contributed by atoms with E-state index in [2.05, 4.69) is 4.72 Å². The molecule has 21 heavy (non-hydrogen) atoms. The van der Waals surface area contributed by atoms with Crippen molar-refractivity contribution in [2.45, 2.75) is 24.7 Å². The Balaban J connectivity index is 2.75. The van der Waals surface area contributed by atoms with E-state index in [1.165, 1.54) is 12.1 Å². The first-order chi connectivity index (χ1) is 9.90. The molecule has 1 aromatic rings. The molecule has 3 N–H and O–H groups in total. The molecule has 0 aliphatic heterocycles. The standard InChI is InChI=1S/C13H19FN2O3S2/c1-2-3-8-19-9-7-16-21(17,18)11-6-4-5-10(14)12(11)13(15)20/h4-6,16H,2-3,7-9H2,1H3,(H2,15,20). The first kappa shape index (κ1) is 18.0. The highest BCUT2D eigenvalue weighted by molar-refractivity contribution is 7.89. The van der Waals surface area contributed by atoms with E-state index < -0.39 is 15.8 Å². The van der Waals surface area contributed by atoms with Crippen LogP contribution in [0.3, 0.4) is 0 Å². The summed E-state index contributed by atoms with van der Waals surface area (Å²) in [6.45, 7) is 2.96. The van der Waals surface area contributed by atoms with E-state index in [-0.39, 0.29) is 28.6 Å². The van der Waals surface area contributed by atoms with E-state index in [4.69, 9.17) is 22.7 Å². The van der Waals surface area contributed by atoms with Crippen LogP contribution >= 0.6 is 12.2 Å². The molecule has 0 bridgehead atoms. The lowest BCUT2D eigenvalue weighted by molar-refractivity contribution is 0.136. The average molecular weight is 334 g/mol. The lowest BCUT2D eigenvalue weighted by atomic mass is 10.2. The molecule has 8 heteroatoms. The number of nitrogens with two attached hydrogens (primary N) is 1. The second-order valence-electron chi connectivity index (χ2n) is 4.34. The fraction of sp³-hybridized carbons (Fsp3) is 0.462. The molecular formula is C13H19FN2O3S2. The molecule has 0 saturated carbocycles. The SMILES string of the molecule is CCCCOCCNS(=O)(=O)c1cccc(F)c1C(N)=S. The molecule has 0 aromatic heterocycles. The van der Waals surface area contributed by atoms with Crippen molar-refractivity contribution in [3.05, 3.63) is 29.6 Å². The summed E-state index contributed by atoms with van der Waals surface area (Å²) in [4.78, 5) is -0.559. The van der Waals surface area contributed by atoms with Crippen LogP contribution in [0.15, 0.2) is 23.1 Å². The zero-order chi connectivity index (χ0) is 15.9. The molecule has 0 radical (unpaired) electrons. The summed E-state index contributed by atoms with van der Waals surface area (Å²) in [5, 5.41) is 0. The summed E-state index contributed by atoms with van der Waals surface area (Å²) in [7, 11) is -3.89. The van der Waals surface area contributed by atoms with Crippen molar-refractivity contribution in [3.63, 3.8) is 0 Å². The highest BCUT2D eigenvalue weighted by atomic mass is 32.2. The minimum atomic E-state index is -3.89. The van der Waals surface area contributed by atoms with Gasteiger partial charge in [0.1, 0.15) is 10.8 Å². The Labute approximate surface area is 129 Å². The van der Waals surface area contributed by atoms with Crippen molar-refractivity contribution in [1.29, 1.82) is 0 Å². The number of unbranched alkanes of at least 4 members (excludes halogenated alkanes) is 1. The molecule has 0 aliphatic rings. The molecule has 0 amide bonds. The molecule has 118 valence electrons. The van der Waals surface area contributed by atoms with E-state index in [1.54, 1.807) is 0 Å². The van der Waals surface area contributed by atoms with E-state index >= 15 is 0 Å². The van der Waals surface area contributed by atoms with Gasteiger partial charge in [0.05, 0.1) is 17.1 Å². The van der Waals surface area contributed by atoms with Crippen LogP contribution in [0.5, 0.6) is 0 Å². The fourth-order valence-corrected chi connectivity index (χ4v) is 3.16. The summed E-state index contributed by atoms with van der Waals surface area (Å²) in [5.74, 6) is -0.760. The van der Waals surface area contributed by atoms with Crippen LogP contribution in [0.1, 0.15) is 25.3 Å². The molecule has 1 rings (SSSR count). The van der Waals surface area contributed by atoms with Gasteiger partial charge in [0.15, 0.2) is 0 Å². The van der Waals surface area contributed by atoms with Crippen molar-refractivity contribution in [3.8, 4) is 0 Å². The first-order valence-electron chi connectivity index (χ1n) is 6.56. The van der Waals surface area contributed by atoms with Gasteiger partial charge in [-0.1, -0.05) is 31.6 Å². The Morgan fingerprint density at radius 1 is 1.43 bits per heavy atom. The predicted molar refractivity (Wildman–Crippen MR) is 83.2 cm³/mol. The molecule has 1 aromatic carbocycles. The van der Waals surface area contributed by atoms with Crippen LogP contribution in [-0.2, 0) is 14.8 Å². The Hall–Kier alpha value is -1.09. The number of hydrogen-bond acceptors (Lipinski definition) is 4. The maximum Gasteiger partial charge on any atom is 0.241 e. The van der Waals surface area contributed by atoms with Crippen LogP contribution in [0.2, 0.25) is 0 Å². The van der Waals surface area contributed by atoms with Crippen LogP contribution in [0.25, 0.3) is 0 Å². The van der Waals surface area contributed by atoms with Gasteiger partial charge in [-0.15, -0.1) is 0 Å². The van der Waals surface area contributed by atoms with Crippen LogP contribution < -0.4 is 10.5 Å². The van der Waals surface area contributed by atoms with Gasteiger partial charge in [-0.2, -0.15) is 0 Å². The van der Waals surface area contributed by atoms with Crippen LogP contribution in [0.4, 0.5) is 4.39 Å². The molecule has 0 fully saturated rings. The van der Waals surface area contributed by atoms with Gasteiger partial charge in [0.25, 0.3) is 0 Å². The van der Waals surface area contributed by atoms with Gasteiger partial charge in [-0.3, -0.25) is 0 Å². The Morgan fingerprint density at radius 2 is 2.14 bits per heavy atom. The lowest BCUT2D eigenvalue weighted by Crippen LogP contribution is -2.30. The normalized spacial score (nSPS) is 11.5. The van der Waals surface area contributed by atoms with Crippen LogP contribution in [-0.4, -0.2) is 33.2 Å². The number of halogens is 1. The maximum atomic E-state index is 13.7. The second-order valence-corrected chi connectivity index (χ2v) is 6.52. The van der Waals surface area contributed by atoms with Crippen molar-refractivity contribution in [2.75, 3.05) is 19.8 Å². The Kier molecular flexibility index (Phi) is 7.16. The minimum Gasteiger partial charge on any atom is -0.389 e. The molecule has 0 aliphatic carbocycles. The third-order valence-electron chi connectivity index (χ3n) is 2.69. The lowest BCUT2D eigenvalue weighted by Gasteiger charge is -2.11. The van der Waals surface area contributed by atoms with Gasteiger partial charge in [0, 0.05) is 13.2 Å². The van der Waals surface area contributed by atoms with Gasteiger partial charge in [-0.05, 0) is 18.6 Å². The molecule has 0 saturated heterocycles. The molecule has 0 spiro atoms. The van der Waals surface area contributed by atoms with E-state index in [1.807, 2.05) is 6.92 Å². The minimum absolute atomic E-state index is 0.0966. The van der Waals surface area contributed by atoms with E-state index in [9.17, 15) is 12.8 Å². The number of ether oxygens (including phenoxy) is 1. The smallest absolute Gasteiger partial charge is 0.241 e. The quantitative estimate of drug-likeness (QED) is 0.529. The van der Waals surface area contributed by atoms with Gasteiger partial charge < -0.3 is 10.5 Å². The maximum absolute atomic E-state index is 13.7. The number of rotatable bonds is 9. The summed E-state index contributed by atoms with van der Waals surface area (Å²) in [6, 6.07) is 3.67. The fourth-order valence-electron chi connectivity index (χ4n) is 1.64. The number of nitrogens with one attached hydrogen (secondary N) is 1. The van der Waals surface area contributed by atoms with Gasteiger partial charge >= 0.3 is 0 Å². The first-order valence-corrected chi connectivity index (χ1v) is 8.45. The summed E-state index contributed by atoms with van der Waals surface area (Å²) >= 11 is 4.71. The Bertz CT molecular complexity index is 591. The van der Waals surface area contributed by atoms with Gasteiger partial charge in [-0.25, -0.2) is 17.5 Å². The van der Waals surface area contributed by atoms with Crippen molar-refractivity contribution < 1.29 is 17.5 Å². The number of sulfonamides is 1. The monoisotopic (exact) mass is 334 g/mol. The largest absolute Gasteiger partial charge is 0.389 e. The highest BCUT2D eigenvalue weighted by Crippen LogP contribution is 2.18. The summed E-state index contributed by atoms with van der Waals surface area (Å²) < 4.78 is 45.6. The molecule has 0 atom stereocenters. The third kappa shape index (κ3) is 5.31. The van der Waals surface area contributed by atoms with Crippen molar-refractivity contribution in [1.82, 2.24) is 4.72 Å². The highest BCUT2D eigenvalue weighted by Gasteiger charge is 2.22. The van der Waals surface area contributed by atoms with E-state index in [0.717, 1.165) is 18.9 Å². The van der Waals surface area contributed by atoms with Crippen molar-refractivity contribution >= 4 is 27.2 Å². The summed E-state index contributed by atoms with van der Waals surface area (Å²) in [6.07, 6.45) is 1.93. The number of thiocarbonyl (C=S) groups is 1. The average Bonchev–Trinajstić information content (AvgIpc) is 2.42. The zero-order valence-corrected chi connectivity index (χ0v) is 13.4. The summed E-state index contributed by atoms with van der Waals surface area (Å²) in [5.41, 5.74) is 5.12. The van der Waals surface area contributed by atoms with Crippen LogP contribution in [0, 0.1) is 5.82 Å². The number of hydrogen-bond donors (Lipinski definition) is 2. The predicted octanol–water partition coefficient (Wildman–Crippen LogP) is 1.55. The number of benzene rings is 1. The molecule has 0 heterocycles. The van der Waals surface area contributed by atoms with Crippen molar-refractivity contribution in [2.24, 2.45) is 5.73 Å². The Morgan fingerprint density at radius 3 is 2.76 bits per heavy atom. The molecule has 5 nitrogen and oxygen atoms in total. The molecule has 0 unspecified atom stereocenters. The van der Waals surface area contributed by atoms with E-state index in [0.29, 0.717) is 6.61 Å². The second kappa shape index (κ2) is 8.38.